The molecule has 0 aliphatic rings. The Hall–Kier alpha value is -2.11. The highest BCUT2D eigenvalue weighted by Crippen LogP contribution is 2.09. The first-order chi connectivity index (χ1) is 10.7. The Kier molecular flexibility index (Phi) is 6.67. The molecule has 2 aromatic carbocycles. The minimum Gasteiger partial charge on any atom is -0.491 e. The number of rotatable bonds is 9. The van der Waals surface area contributed by atoms with Crippen molar-refractivity contribution >= 4 is 5.69 Å². The van der Waals surface area contributed by atoms with Crippen LogP contribution in [-0.2, 0) is 0 Å². The molecule has 0 aromatic heterocycles. The van der Waals surface area contributed by atoms with Gasteiger partial charge in [-0.1, -0.05) is 24.3 Å². The molecular weight excluding hydrogens is 283 g/mol. The molecule has 2 aromatic rings. The van der Waals surface area contributed by atoms with E-state index in [1.165, 1.54) is 12.1 Å². The minimum absolute atomic E-state index is 0.244. The maximum absolute atomic E-state index is 13.0. The van der Waals surface area contributed by atoms with Crippen LogP contribution in [0, 0.1) is 5.82 Å². The third-order valence-corrected chi connectivity index (χ3v) is 3.02. The van der Waals surface area contributed by atoms with Crippen molar-refractivity contribution in [3.05, 3.63) is 60.4 Å². The van der Waals surface area contributed by atoms with Crippen LogP contribution in [0.1, 0.15) is 0 Å². The van der Waals surface area contributed by atoms with Gasteiger partial charge in [-0.05, 0) is 30.3 Å². The average molecular weight is 304 g/mol. The monoisotopic (exact) mass is 304 g/mol. The number of nitrogens with one attached hydrogen (secondary N) is 2. The van der Waals surface area contributed by atoms with Crippen LogP contribution >= 0.6 is 0 Å². The van der Waals surface area contributed by atoms with Crippen molar-refractivity contribution in [2.75, 3.05) is 31.6 Å². The number of para-hydroxylation sites is 1. The summed E-state index contributed by atoms with van der Waals surface area (Å²) in [6.07, 6.45) is -0.575. The number of ether oxygens (including phenoxy) is 1. The van der Waals surface area contributed by atoms with Crippen LogP contribution in [-0.4, -0.2) is 37.5 Å². The molecular formula is C17H21FN2O2. The van der Waals surface area contributed by atoms with E-state index in [1.54, 1.807) is 6.07 Å². The lowest BCUT2D eigenvalue weighted by atomic mass is 10.3. The summed E-state index contributed by atoms with van der Waals surface area (Å²) in [6.45, 7) is 2.00. The molecule has 0 spiro atoms. The van der Waals surface area contributed by atoms with E-state index in [0.29, 0.717) is 19.6 Å². The SMILES string of the molecule is OC(CNCCNc1cccc(F)c1)COc1ccccc1. The molecule has 22 heavy (non-hydrogen) atoms. The molecule has 0 aliphatic carbocycles. The van der Waals surface area contributed by atoms with E-state index in [0.717, 1.165) is 11.4 Å². The quantitative estimate of drug-likeness (QED) is 0.622. The zero-order valence-corrected chi connectivity index (χ0v) is 12.3. The van der Waals surface area contributed by atoms with Gasteiger partial charge in [0.05, 0.1) is 0 Å². The predicted octanol–water partition coefficient (Wildman–Crippen LogP) is 2.27. The predicted molar refractivity (Wildman–Crippen MR) is 85.7 cm³/mol. The summed E-state index contributed by atoms with van der Waals surface area (Å²) in [7, 11) is 0. The summed E-state index contributed by atoms with van der Waals surface area (Å²) in [4.78, 5) is 0. The zero-order valence-electron chi connectivity index (χ0n) is 12.3. The molecule has 0 radical (unpaired) electrons. The highest BCUT2D eigenvalue weighted by molar-refractivity contribution is 5.42. The maximum atomic E-state index is 13.0. The molecule has 0 aliphatic heterocycles. The second-order valence-electron chi connectivity index (χ2n) is 4.92. The number of anilines is 1. The third-order valence-electron chi connectivity index (χ3n) is 3.02. The van der Waals surface area contributed by atoms with Crippen molar-refractivity contribution < 1.29 is 14.2 Å². The van der Waals surface area contributed by atoms with E-state index >= 15 is 0 Å². The van der Waals surface area contributed by atoms with E-state index in [2.05, 4.69) is 10.6 Å². The summed E-state index contributed by atoms with van der Waals surface area (Å²) in [5.41, 5.74) is 0.745. The van der Waals surface area contributed by atoms with Gasteiger partial charge in [-0.2, -0.15) is 0 Å². The van der Waals surface area contributed by atoms with Gasteiger partial charge in [-0.25, -0.2) is 4.39 Å². The Morgan fingerprint density at radius 2 is 1.86 bits per heavy atom. The van der Waals surface area contributed by atoms with Crippen LogP contribution in [0.25, 0.3) is 0 Å². The Labute approximate surface area is 129 Å². The van der Waals surface area contributed by atoms with Crippen LogP contribution in [0.3, 0.4) is 0 Å². The number of aliphatic hydroxyl groups excluding tert-OH is 1. The molecule has 0 saturated carbocycles. The minimum atomic E-state index is -0.575. The Morgan fingerprint density at radius 1 is 1.05 bits per heavy atom. The van der Waals surface area contributed by atoms with Crippen molar-refractivity contribution in [3.8, 4) is 5.75 Å². The molecule has 0 saturated heterocycles. The summed E-state index contributed by atoms with van der Waals surface area (Å²) in [5, 5.41) is 16.0. The zero-order chi connectivity index (χ0) is 15.6. The van der Waals surface area contributed by atoms with Gasteiger partial charge < -0.3 is 20.5 Å². The van der Waals surface area contributed by atoms with Gasteiger partial charge >= 0.3 is 0 Å². The van der Waals surface area contributed by atoms with E-state index < -0.39 is 6.10 Å². The largest absolute Gasteiger partial charge is 0.491 e. The summed E-state index contributed by atoms with van der Waals surface area (Å²) in [6, 6.07) is 15.7. The molecule has 3 N–H and O–H groups in total. The number of benzene rings is 2. The first-order valence-electron chi connectivity index (χ1n) is 7.30. The normalized spacial score (nSPS) is 11.9. The second kappa shape index (κ2) is 9.02. The topological polar surface area (TPSA) is 53.5 Å². The second-order valence-corrected chi connectivity index (χ2v) is 4.92. The molecule has 4 nitrogen and oxygen atoms in total. The maximum Gasteiger partial charge on any atom is 0.125 e. The lowest BCUT2D eigenvalue weighted by molar-refractivity contribution is 0.107. The first kappa shape index (κ1) is 16.3. The number of hydrogen-bond donors (Lipinski definition) is 3. The van der Waals surface area contributed by atoms with Crippen molar-refractivity contribution in [3.63, 3.8) is 0 Å². The molecule has 0 amide bonds. The fraction of sp³-hybridized carbons (Fsp3) is 0.294. The van der Waals surface area contributed by atoms with E-state index in [1.807, 2.05) is 36.4 Å². The van der Waals surface area contributed by atoms with Crippen LogP contribution in [0.15, 0.2) is 54.6 Å². The van der Waals surface area contributed by atoms with Gasteiger partial charge in [0.1, 0.15) is 24.3 Å². The smallest absolute Gasteiger partial charge is 0.125 e. The average Bonchev–Trinajstić information content (AvgIpc) is 2.54. The van der Waals surface area contributed by atoms with E-state index in [9.17, 15) is 9.50 Å². The van der Waals surface area contributed by atoms with Crippen molar-refractivity contribution in [1.82, 2.24) is 5.32 Å². The van der Waals surface area contributed by atoms with Crippen molar-refractivity contribution in [2.24, 2.45) is 0 Å². The molecule has 118 valence electrons. The molecule has 5 heteroatoms. The van der Waals surface area contributed by atoms with Crippen LogP contribution in [0.4, 0.5) is 10.1 Å². The lowest BCUT2D eigenvalue weighted by Crippen LogP contribution is -2.34. The Balaban J connectivity index is 1.54. The van der Waals surface area contributed by atoms with Crippen LogP contribution in [0.5, 0.6) is 5.75 Å². The fourth-order valence-electron chi connectivity index (χ4n) is 1.93. The number of halogens is 1. The number of aliphatic hydroxyl groups is 1. The van der Waals surface area contributed by atoms with Gasteiger partial charge in [-0.3, -0.25) is 0 Å². The molecule has 0 fully saturated rings. The molecule has 1 unspecified atom stereocenters. The summed E-state index contributed by atoms with van der Waals surface area (Å²) >= 11 is 0. The summed E-state index contributed by atoms with van der Waals surface area (Å²) < 4.78 is 18.4. The fourth-order valence-corrected chi connectivity index (χ4v) is 1.93. The van der Waals surface area contributed by atoms with Gasteiger partial charge in [0.25, 0.3) is 0 Å². The van der Waals surface area contributed by atoms with Gasteiger partial charge in [-0.15, -0.1) is 0 Å². The highest BCUT2D eigenvalue weighted by atomic mass is 19.1. The highest BCUT2D eigenvalue weighted by Gasteiger charge is 2.04. The van der Waals surface area contributed by atoms with Gasteiger partial charge in [0.2, 0.25) is 0 Å². The van der Waals surface area contributed by atoms with Gasteiger partial charge in [0.15, 0.2) is 0 Å². The van der Waals surface area contributed by atoms with E-state index in [-0.39, 0.29) is 12.4 Å². The molecule has 2 rings (SSSR count). The van der Waals surface area contributed by atoms with Crippen molar-refractivity contribution in [2.45, 2.75) is 6.10 Å². The molecule has 0 bridgehead atoms. The Morgan fingerprint density at radius 3 is 2.64 bits per heavy atom. The third kappa shape index (κ3) is 6.11. The molecule has 0 heterocycles. The Bertz CT molecular complexity index is 551. The van der Waals surface area contributed by atoms with Crippen LogP contribution < -0.4 is 15.4 Å². The summed E-state index contributed by atoms with van der Waals surface area (Å²) in [5.74, 6) is 0.487. The standard InChI is InChI=1S/C17H21FN2O2/c18-14-5-4-6-15(11-14)20-10-9-19-12-16(21)13-22-17-7-2-1-3-8-17/h1-8,11,16,19-21H,9-10,12-13H2. The first-order valence-corrected chi connectivity index (χ1v) is 7.30. The molecule has 1 atom stereocenters. The number of hydrogen-bond acceptors (Lipinski definition) is 4. The van der Waals surface area contributed by atoms with Gasteiger partial charge in [0, 0.05) is 25.3 Å². The van der Waals surface area contributed by atoms with Crippen LogP contribution in [0.2, 0.25) is 0 Å². The van der Waals surface area contributed by atoms with Crippen molar-refractivity contribution in [1.29, 1.82) is 0 Å². The lowest BCUT2D eigenvalue weighted by Gasteiger charge is -2.13. The van der Waals surface area contributed by atoms with E-state index in [4.69, 9.17) is 4.74 Å².